The van der Waals surface area contributed by atoms with Gasteiger partial charge in [0.25, 0.3) is 0 Å². The highest BCUT2D eigenvalue weighted by Crippen LogP contribution is 2.28. The average molecular weight is 307 g/mol. The Balaban J connectivity index is 2.07. The van der Waals surface area contributed by atoms with Gasteiger partial charge >= 0.3 is 0 Å². The lowest BCUT2D eigenvalue weighted by molar-refractivity contribution is 0.305. The molecule has 0 saturated heterocycles. The lowest BCUT2D eigenvalue weighted by Gasteiger charge is -2.11. The van der Waals surface area contributed by atoms with Gasteiger partial charge in [-0.1, -0.05) is 23.4 Å². The molecule has 0 aliphatic heterocycles. The predicted octanol–water partition coefficient (Wildman–Crippen LogP) is 3.94. The molecule has 2 rings (SSSR count). The monoisotopic (exact) mass is 306 g/mol. The molecule has 0 amide bonds. The van der Waals surface area contributed by atoms with Crippen LogP contribution in [-0.2, 0) is 6.61 Å². The Kier molecular flexibility index (Phi) is 5.08. The van der Waals surface area contributed by atoms with E-state index in [0.717, 1.165) is 32.3 Å². The Morgan fingerprint density at radius 3 is 2.60 bits per heavy atom. The first-order valence-corrected chi connectivity index (χ1v) is 7.42. The van der Waals surface area contributed by atoms with E-state index in [1.54, 1.807) is 11.3 Å². The summed E-state index contributed by atoms with van der Waals surface area (Å²) in [7, 11) is 0. The molecule has 4 heteroatoms. The molecule has 0 atom stereocenters. The second-order valence-corrected chi connectivity index (χ2v) is 5.85. The number of thiophene rings is 1. The van der Waals surface area contributed by atoms with Crippen LogP contribution in [0.4, 0.5) is 0 Å². The second kappa shape index (κ2) is 6.81. The van der Waals surface area contributed by atoms with Gasteiger partial charge in [0.05, 0.1) is 0 Å². The summed E-state index contributed by atoms with van der Waals surface area (Å²) in [4.78, 5) is 1.10. The molecular formula is C16H15ClO2S. The van der Waals surface area contributed by atoms with Crippen molar-refractivity contribution in [1.29, 1.82) is 0 Å². The van der Waals surface area contributed by atoms with Crippen molar-refractivity contribution in [2.24, 2.45) is 0 Å². The molecule has 1 heterocycles. The first kappa shape index (κ1) is 14.9. The van der Waals surface area contributed by atoms with Gasteiger partial charge in [-0.25, -0.2) is 0 Å². The highest BCUT2D eigenvalue weighted by atomic mass is 35.5. The largest absolute Gasteiger partial charge is 0.488 e. The van der Waals surface area contributed by atoms with Crippen LogP contribution in [0.25, 0.3) is 0 Å². The van der Waals surface area contributed by atoms with E-state index in [9.17, 15) is 0 Å². The molecule has 104 valence electrons. The first-order valence-electron chi connectivity index (χ1n) is 6.17. The van der Waals surface area contributed by atoms with Gasteiger partial charge in [0.1, 0.15) is 19.0 Å². The van der Waals surface area contributed by atoms with Gasteiger partial charge in [-0.15, -0.1) is 11.3 Å². The van der Waals surface area contributed by atoms with Gasteiger partial charge < -0.3 is 9.84 Å². The summed E-state index contributed by atoms with van der Waals surface area (Å²) in [6.45, 7) is 4.36. The van der Waals surface area contributed by atoms with Gasteiger partial charge in [-0.3, -0.25) is 0 Å². The Bertz CT molecular complexity index is 642. The molecule has 20 heavy (non-hydrogen) atoms. The second-order valence-electron chi connectivity index (χ2n) is 4.42. The van der Waals surface area contributed by atoms with Gasteiger partial charge in [0, 0.05) is 20.8 Å². The number of aliphatic hydroxyl groups is 1. The van der Waals surface area contributed by atoms with Crippen LogP contribution in [0.1, 0.15) is 21.6 Å². The maximum atomic E-state index is 8.66. The van der Waals surface area contributed by atoms with E-state index in [2.05, 4.69) is 11.8 Å². The maximum Gasteiger partial charge on any atom is 0.125 e. The van der Waals surface area contributed by atoms with Crippen LogP contribution < -0.4 is 4.74 Å². The number of benzene rings is 1. The number of halogens is 1. The molecule has 0 fully saturated rings. The highest BCUT2D eigenvalue weighted by Gasteiger charge is 2.07. The molecule has 0 radical (unpaired) electrons. The van der Waals surface area contributed by atoms with Crippen LogP contribution in [0.15, 0.2) is 23.6 Å². The van der Waals surface area contributed by atoms with Crippen LogP contribution in [-0.4, -0.2) is 11.7 Å². The fourth-order valence-electron chi connectivity index (χ4n) is 1.93. The van der Waals surface area contributed by atoms with Crippen molar-refractivity contribution in [2.45, 2.75) is 20.5 Å². The molecule has 1 aromatic heterocycles. The zero-order valence-electron chi connectivity index (χ0n) is 11.4. The lowest BCUT2D eigenvalue weighted by Crippen LogP contribution is -1.97. The summed E-state index contributed by atoms with van der Waals surface area (Å²) in [5, 5.41) is 11.4. The SMILES string of the molecule is Cc1cc(Cl)cc(C)c1OCc1cc(C#CCO)cs1. The third kappa shape index (κ3) is 3.77. The lowest BCUT2D eigenvalue weighted by atomic mass is 10.1. The van der Waals surface area contributed by atoms with Gasteiger partial charge in [0.15, 0.2) is 0 Å². The van der Waals surface area contributed by atoms with Gasteiger partial charge in [0.2, 0.25) is 0 Å². The first-order chi connectivity index (χ1) is 9.60. The molecular weight excluding hydrogens is 292 g/mol. The third-order valence-electron chi connectivity index (χ3n) is 2.75. The Hall–Kier alpha value is -1.47. The number of hydrogen-bond donors (Lipinski definition) is 1. The van der Waals surface area contributed by atoms with Crippen molar-refractivity contribution in [3.63, 3.8) is 0 Å². The Morgan fingerprint density at radius 2 is 1.95 bits per heavy atom. The minimum absolute atomic E-state index is 0.120. The third-order valence-corrected chi connectivity index (χ3v) is 3.88. The molecule has 0 aliphatic carbocycles. The van der Waals surface area contributed by atoms with E-state index in [-0.39, 0.29) is 6.61 Å². The molecule has 1 N–H and O–H groups in total. The summed E-state index contributed by atoms with van der Waals surface area (Å²) in [6, 6.07) is 5.78. The zero-order valence-corrected chi connectivity index (χ0v) is 12.9. The number of ether oxygens (including phenoxy) is 1. The number of aliphatic hydroxyl groups excluding tert-OH is 1. The molecule has 0 spiro atoms. The molecule has 1 aromatic carbocycles. The maximum absolute atomic E-state index is 8.66. The topological polar surface area (TPSA) is 29.5 Å². The quantitative estimate of drug-likeness (QED) is 0.870. The summed E-state index contributed by atoms with van der Waals surface area (Å²) >= 11 is 7.60. The van der Waals surface area contributed by atoms with E-state index in [1.165, 1.54) is 0 Å². The molecule has 2 nitrogen and oxygen atoms in total. The summed E-state index contributed by atoms with van der Waals surface area (Å²) in [6.07, 6.45) is 0. The minimum Gasteiger partial charge on any atom is -0.488 e. The minimum atomic E-state index is -0.120. The van der Waals surface area contributed by atoms with E-state index < -0.39 is 0 Å². The van der Waals surface area contributed by atoms with Gasteiger partial charge in [-0.05, 0) is 43.2 Å². The Labute approximate surface area is 128 Å². The van der Waals surface area contributed by atoms with Crippen molar-refractivity contribution in [1.82, 2.24) is 0 Å². The molecule has 0 unspecified atom stereocenters. The number of hydrogen-bond acceptors (Lipinski definition) is 3. The van der Waals surface area contributed by atoms with Crippen molar-refractivity contribution >= 4 is 22.9 Å². The van der Waals surface area contributed by atoms with Crippen molar-refractivity contribution in [2.75, 3.05) is 6.61 Å². The fourth-order valence-corrected chi connectivity index (χ4v) is 2.99. The van der Waals surface area contributed by atoms with E-state index in [4.69, 9.17) is 21.4 Å². The number of rotatable bonds is 3. The van der Waals surface area contributed by atoms with E-state index in [1.807, 2.05) is 37.4 Å². The van der Waals surface area contributed by atoms with Crippen LogP contribution in [0.2, 0.25) is 5.02 Å². The van der Waals surface area contributed by atoms with Crippen LogP contribution in [0, 0.1) is 25.7 Å². The number of aryl methyl sites for hydroxylation is 2. The van der Waals surface area contributed by atoms with Crippen molar-refractivity contribution in [3.8, 4) is 17.6 Å². The fraction of sp³-hybridized carbons (Fsp3) is 0.250. The smallest absolute Gasteiger partial charge is 0.125 e. The van der Waals surface area contributed by atoms with Crippen LogP contribution in [0.3, 0.4) is 0 Å². The molecule has 0 bridgehead atoms. The standard InChI is InChI=1S/C16H15ClO2S/c1-11-6-14(17)7-12(2)16(11)19-9-15-8-13(10-20-15)4-3-5-18/h6-8,10,18H,5,9H2,1-2H3. The van der Waals surface area contributed by atoms with Crippen LogP contribution in [0.5, 0.6) is 5.75 Å². The van der Waals surface area contributed by atoms with Gasteiger partial charge in [-0.2, -0.15) is 0 Å². The van der Waals surface area contributed by atoms with Crippen molar-refractivity contribution < 1.29 is 9.84 Å². The summed E-state index contributed by atoms with van der Waals surface area (Å²) < 4.78 is 5.88. The average Bonchev–Trinajstić information content (AvgIpc) is 2.83. The highest BCUT2D eigenvalue weighted by molar-refractivity contribution is 7.10. The molecule has 2 aromatic rings. The summed E-state index contributed by atoms with van der Waals surface area (Å²) in [5.74, 6) is 6.39. The predicted molar refractivity (Wildman–Crippen MR) is 83.5 cm³/mol. The molecule has 0 aliphatic rings. The summed E-state index contributed by atoms with van der Waals surface area (Å²) in [5.41, 5.74) is 2.98. The van der Waals surface area contributed by atoms with E-state index in [0.29, 0.717) is 6.61 Å². The van der Waals surface area contributed by atoms with Crippen LogP contribution >= 0.6 is 22.9 Å². The molecule has 0 saturated carbocycles. The van der Waals surface area contributed by atoms with E-state index >= 15 is 0 Å². The Morgan fingerprint density at radius 1 is 1.25 bits per heavy atom. The normalized spacial score (nSPS) is 10.0. The zero-order chi connectivity index (χ0) is 14.5. The van der Waals surface area contributed by atoms with Crippen molar-refractivity contribution in [3.05, 3.63) is 50.2 Å².